The largest absolute Gasteiger partial charge is 0.478 e. The minimum atomic E-state index is -0.893. The molecule has 0 saturated heterocycles. The highest BCUT2D eigenvalue weighted by molar-refractivity contribution is 5.88. The van der Waals surface area contributed by atoms with E-state index in [0.717, 1.165) is 24.0 Å². The summed E-state index contributed by atoms with van der Waals surface area (Å²) in [6.07, 6.45) is 2.17. The maximum absolute atomic E-state index is 10.8. The first-order chi connectivity index (χ1) is 10.1. The van der Waals surface area contributed by atoms with Gasteiger partial charge in [0.1, 0.15) is 0 Å². The van der Waals surface area contributed by atoms with Crippen molar-refractivity contribution in [3.05, 3.63) is 59.7 Å². The fraction of sp³-hybridized carbons (Fsp3) is 0.278. The zero-order valence-electron chi connectivity index (χ0n) is 12.5. The normalized spacial score (nSPS) is 12.1. The molecule has 0 spiro atoms. The van der Waals surface area contributed by atoms with Gasteiger partial charge in [0, 0.05) is 6.04 Å². The van der Waals surface area contributed by atoms with E-state index in [1.807, 2.05) is 19.2 Å². The molecule has 3 heteroatoms. The topological polar surface area (TPSA) is 49.3 Å². The van der Waals surface area contributed by atoms with Crippen molar-refractivity contribution in [1.82, 2.24) is 5.32 Å². The van der Waals surface area contributed by atoms with Crippen LogP contribution in [-0.2, 0) is 6.42 Å². The van der Waals surface area contributed by atoms with E-state index >= 15 is 0 Å². The number of carboxylic acids is 1. The van der Waals surface area contributed by atoms with Crippen LogP contribution in [0.15, 0.2) is 48.5 Å². The van der Waals surface area contributed by atoms with Crippen LogP contribution in [0.4, 0.5) is 0 Å². The van der Waals surface area contributed by atoms with Crippen LogP contribution in [-0.4, -0.2) is 24.2 Å². The van der Waals surface area contributed by atoms with Gasteiger partial charge in [-0.05, 0) is 55.6 Å². The first-order valence-electron chi connectivity index (χ1n) is 7.20. The number of aromatic carboxylic acids is 1. The SMILES string of the molecule is CNC(C)CCc1ccc(-c2ccc(C(=O)O)cc2)cc1. The molecule has 2 rings (SSSR count). The summed E-state index contributed by atoms with van der Waals surface area (Å²) in [6, 6.07) is 16.0. The summed E-state index contributed by atoms with van der Waals surface area (Å²) in [5.41, 5.74) is 3.78. The fourth-order valence-electron chi connectivity index (χ4n) is 2.20. The molecule has 0 fully saturated rings. The number of hydrogen-bond donors (Lipinski definition) is 2. The van der Waals surface area contributed by atoms with E-state index in [1.54, 1.807) is 12.1 Å². The molecular formula is C18H21NO2. The molecule has 3 nitrogen and oxygen atoms in total. The Balaban J connectivity index is 2.06. The van der Waals surface area contributed by atoms with Gasteiger partial charge in [-0.2, -0.15) is 0 Å². The van der Waals surface area contributed by atoms with Crippen LogP contribution in [0.5, 0.6) is 0 Å². The summed E-state index contributed by atoms with van der Waals surface area (Å²) in [6.45, 7) is 2.18. The third-order valence-corrected chi connectivity index (χ3v) is 3.78. The van der Waals surface area contributed by atoms with Gasteiger partial charge in [0.15, 0.2) is 0 Å². The molecule has 0 radical (unpaired) electrons. The van der Waals surface area contributed by atoms with E-state index in [1.165, 1.54) is 5.56 Å². The van der Waals surface area contributed by atoms with Crippen LogP contribution < -0.4 is 5.32 Å². The van der Waals surface area contributed by atoms with Gasteiger partial charge in [0.25, 0.3) is 0 Å². The summed E-state index contributed by atoms with van der Waals surface area (Å²) < 4.78 is 0. The summed E-state index contributed by atoms with van der Waals surface area (Å²) in [5, 5.41) is 12.1. The van der Waals surface area contributed by atoms with Gasteiger partial charge in [-0.25, -0.2) is 4.79 Å². The number of hydrogen-bond acceptors (Lipinski definition) is 2. The van der Waals surface area contributed by atoms with Gasteiger partial charge in [-0.3, -0.25) is 0 Å². The molecule has 2 aromatic carbocycles. The number of rotatable bonds is 6. The minimum absolute atomic E-state index is 0.316. The quantitative estimate of drug-likeness (QED) is 0.851. The van der Waals surface area contributed by atoms with Gasteiger partial charge in [0.05, 0.1) is 5.56 Å². The van der Waals surface area contributed by atoms with E-state index in [0.29, 0.717) is 11.6 Å². The smallest absolute Gasteiger partial charge is 0.335 e. The predicted molar refractivity (Wildman–Crippen MR) is 85.7 cm³/mol. The van der Waals surface area contributed by atoms with Gasteiger partial charge in [0.2, 0.25) is 0 Å². The second-order valence-electron chi connectivity index (χ2n) is 5.31. The van der Waals surface area contributed by atoms with Crippen molar-refractivity contribution < 1.29 is 9.90 Å². The van der Waals surface area contributed by atoms with Gasteiger partial charge in [-0.15, -0.1) is 0 Å². The third kappa shape index (κ3) is 4.17. The van der Waals surface area contributed by atoms with Crippen molar-refractivity contribution in [3.63, 3.8) is 0 Å². The average Bonchev–Trinajstić information content (AvgIpc) is 2.53. The monoisotopic (exact) mass is 283 g/mol. The lowest BCUT2D eigenvalue weighted by Crippen LogP contribution is -2.21. The molecule has 1 atom stereocenters. The molecule has 1 unspecified atom stereocenters. The van der Waals surface area contributed by atoms with E-state index in [2.05, 4.69) is 36.5 Å². The van der Waals surface area contributed by atoms with Gasteiger partial charge < -0.3 is 10.4 Å². The number of aryl methyl sites for hydroxylation is 1. The lowest BCUT2D eigenvalue weighted by Gasteiger charge is -2.10. The van der Waals surface area contributed by atoms with Crippen LogP contribution in [0.1, 0.15) is 29.3 Å². The molecule has 21 heavy (non-hydrogen) atoms. The zero-order chi connectivity index (χ0) is 15.2. The molecule has 110 valence electrons. The summed E-state index contributed by atoms with van der Waals surface area (Å²) in [7, 11) is 1.98. The first kappa shape index (κ1) is 15.3. The molecule has 0 heterocycles. The Morgan fingerprint density at radius 1 is 1.05 bits per heavy atom. The third-order valence-electron chi connectivity index (χ3n) is 3.78. The molecule has 2 aromatic rings. The molecule has 0 bridgehead atoms. The number of nitrogens with one attached hydrogen (secondary N) is 1. The summed E-state index contributed by atoms with van der Waals surface area (Å²) >= 11 is 0. The molecule has 0 aliphatic carbocycles. The number of carbonyl (C=O) groups is 1. The van der Waals surface area contributed by atoms with Crippen molar-refractivity contribution in [2.24, 2.45) is 0 Å². The summed E-state index contributed by atoms with van der Waals surface area (Å²) in [5.74, 6) is -0.893. The Hall–Kier alpha value is -2.13. The van der Waals surface area contributed by atoms with Crippen molar-refractivity contribution in [1.29, 1.82) is 0 Å². The standard InChI is InChI=1S/C18H21NO2/c1-13(19-2)3-4-14-5-7-15(8-6-14)16-9-11-17(12-10-16)18(20)21/h5-13,19H,3-4H2,1-2H3,(H,20,21). The Bertz CT molecular complexity index is 588. The lowest BCUT2D eigenvalue weighted by atomic mass is 10.00. The number of benzene rings is 2. The van der Waals surface area contributed by atoms with Crippen LogP contribution in [0.3, 0.4) is 0 Å². The van der Waals surface area contributed by atoms with Crippen LogP contribution in [0.25, 0.3) is 11.1 Å². The molecule has 2 N–H and O–H groups in total. The van der Waals surface area contributed by atoms with Crippen LogP contribution in [0.2, 0.25) is 0 Å². The second-order valence-corrected chi connectivity index (χ2v) is 5.31. The number of carboxylic acid groups (broad SMARTS) is 1. The highest BCUT2D eigenvalue weighted by atomic mass is 16.4. The van der Waals surface area contributed by atoms with Crippen LogP contribution >= 0.6 is 0 Å². The van der Waals surface area contributed by atoms with Gasteiger partial charge in [-0.1, -0.05) is 36.4 Å². The highest BCUT2D eigenvalue weighted by Crippen LogP contribution is 2.21. The Labute approximate surface area is 125 Å². The molecular weight excluding hydrogens is 262 g/mol. The molecule has 0 aliphatic rings. The minimum Gasteiger partial charge on any atom is -0.478 e. The Kier molecular flexibility index (Phi) is 5.12. The highest BCUT2D eigenvalue weighted by Gasteiger charge is 2.04. The average molecular weight is 283 g/mol. The Morgan fingerprint density at radius 2 is 1.57 bits per heavy atom. The second kappa shape index (κ2) is 7.04. The maximum atomic E-state index is 10.8. The predicted octanol–water partition coefficient (Wildman–Crippen LogP) is 3.59. The molecule has 0 saturated carbocycles. The van der Waals surface area contributed by atoms with Crippen LogP contribution in [0, 0.1) is 0 Å². The molecule has 0 aliphatic heterocycles. The molecule has 0 amide bonds. The first-order valence-corrected chi connectivity index (χ1v) is 7.20. The van der Waals surface area contributed by atoms with E-state index in [9.17, 15) is 4.79 Å². The fourth-order valence-corrected chi connectivity index (χ4v) is 2.20. The van der Waals surface area contributed by atoms with Crippen molar-refractivity contribution in [2.45, 2.75) is 25.8 Å². The van der Waals surface area contributed by atoms with Crippen molar-refractivity contribution in [2.75, 3.05) is 7.05 Å². The van der Waals surface area contributed by atoms with E-state index < -0.39 is 5.97 Å². The molecule has 0 aromatic heterocycles. The van der Waals surface area contributed by atoms with Gasteiger partial charge >= 0.3 is 5.97 Å². The van der Waals surface area contributed by atoms with E-state index in [-0.39, 0.29) is 0 Å². The lowest BCUT2D eigenvalue weighted by molar-refractivity contribution is 0.0697. The summed E-state index contributed by atoms with van der Waals surface area (Å²) in [4.78, 5) is 10.8. The maximum Gasteiger partial charge on any atom is 0.335 e. The Morgan fingerprint density at radius 3 is 2.05 bits per heavy atom. The van der Waals surface area contributed by atoms with Crippen molar-refractivity contribution in [3.8, 4) is 11.1 Å². The zero-order valence-corrected chi connectivity index (χ0v) is 12.5. The van der Waals surface area contributed by atoms with Crippen molar-refractivity contribution >= 4 is 5.97 Å². The van der Waals surface area contributed by atoms with E-state index in [4.69, 9.17) is 5.11 Å².